The number of likely N-dealkylation sites (N-methyl/N-ethyl adjacent to an activating group) is 1. The first-order chi connectivity index (χ1) is 16.5. The molecule has 0 amide bonds. The Kier molecular flexibility index (Phi) is 5.03. The lowest BCUT2D eigenvalue weighted by atomic mass is 9.81. The van der Waals surface area contributed by atoms with Crippen LogP contribution in [0.2, 0.25) is 0 Å². The molecule has 34 heavy (non-hydrogen) atoms. The number of rotatable bonds is 3. The van der Waals surface area contributed by atoms with Crippen LogP contribution in [0.3, 0.4) is 0 Å². The van der Waals surface area contributed by atoms with Gasteiger partial charge >= 0.3 is 11.9 Å². The van der Waals surface area contributed by atoms with Crippen molar-refractivity contribution in [3.63, 3.8) is 0 Å². The van der Waals surface area contributed by atoms with E-state index in [1.165, 1.54) is 41.6 Å². The summed E-state index contributed by atoms with van der Waals surface area (Å²) in [6.45, 7) is 0.690. The van der Waals surface area contributed by atoms with E-state index in [0.717, 1.165) is 23.7 Å². The fourth-order valence-corrected chi connectivity index (χ4v) is 7.03. The lowest BCUT2D eigenvalue weighted by molar-refractivity contribution is -0.142. The Morgan fingerprint density at radius 3 is 2.50 bits per heavy atom. The summed E-state index contributed by atoms with van der Waals surface area (Å²) in [7, 11) is 1.93. The summed E-state index contributed by atoms with van der Waals surface area (Å²) in [4.78, 5) is 25.9. The van der Waals surface area contributed by atoms with Crippen LogP contribution in [0.1, 0.15) is 72.0 Å². The number of aromatic carboxylic acids is 1. The van der Waals surface area contributed by atoms with Crippen LogP contribution in [0.15, 0.2) is 42.5 Å². The van der Waals surface area contributed by atoms with Crippen molar-refractivity contribution in [2.24, 2.45) is 5.92 Å². The summed E-state index contributed by atoms with van der Waals surface area (Å²) in [6, 6.07) is 13.5. The molecule has 3 atom stereocenters. The van der Waals surface area contributed by atoms with Crippen molar-refractivity contribution in [2.45, 2.75) is 63.1 Å². The lowest BCUT2D eigenvalue weighted by Crippen LogP contribution is -2.34. The third-order valence-corrected chi connectivity index (χ3v) is 8.50. The van der Waals surface area contributed by atoms with Gasteiger partial charge in [0.1, 0.15) is 6.04 Å². The van der Waals surface area contributed by atoms with Crippen LogP contribution in [0.4, 0.5) is 0 Å². The normalized spacial score (nSPS) is 24.9. The van der Waals surface area contributed by atoms with Gasteiger partial charge in [0.05, 0.1) is 11.3 Å². The number of carboxylic acid groups (broad SMARTS) is 2. The standard InChI is InChI=1S/C28H30N2O4/c1-29-23(28(33)34)14-18-15-30-22-13-17(27(31)32)11-12-21(22)24(16-7-3-2-4-8-16)26(30)20-10-6-5-9-19(20)25(18)29/h5-6,9-13,16,18,23,25H,2-4,7-8,14-15H2,1H3,(H,31,32)(H,33,34). The van der Waals surface area contributed by atoms with E-state index in [4.69, 9.17) is 0 Å². The molecule has 1 aromatic heterocycles. The molecule has 1 saturated carbocycles. The summed E-state index contributed by atoms with van der Waals surface area (Å²) in [5, 5.41) is 20.7. The highest BCUT2D eigenvalue weighted by atomic mass is 16.4. The van der Waals surface area contributed by atoms with Gasteiger partial charge in [0.15, 0.2) is 0 Å². The minimum Gasteiger partial charge on any atom is -0.480 e. The molecule has 1 saturated heterocycles. The van der Waals surface area contributed by atoms with Crippen LogP contribution in [0.25, 0.3) is 22.2 Å². The van der Waals surface area contributed by atoms with Gasteiger partial charge in [-0.3, -0.25) is 9.69 Å². The summed E-state index contributed by atoms with van der Waals surface area (Å²) in [6.07, 6.45) is 6.61. The van der Waals surface area contributed by atoms with E-state index in [1.54, 1.807) is 6.07 Å². The third-order valence-electron chi connectivity index (χ3n) is 8.50. The first-order valence-corrected chi connectivity index (χ1v) is 12.4. The Bertz CT molecular complexity index is 1300. The number of aromatic nitrogens is 1. The Morgan fingerprint density at radius 2 is 1.76 bits per heavy atom. The van der Waals surface area contributed by atoms with Crippen molar-refractivity contribution in [3.05, 3.63) is 59.2 Å². The van der Waals surface area contributed by atoms with Gasteiger partial charge < -0.3 is 14.8 Å². The molecule has 0 spiro atoms. The molecule has 2 N–H and O–H groups in total. The van der Waals surface area contributed by atoms with E-state index in [1.807, 2.05) is 24.1 Å². The van der Waals surface area contributed by atoms with E-state index in [0.29, 0.717) is 24.4 Å². The van der Waals surface area contributed by atoms with E-state index < -0.39 is 18.0 Å². The number of fused-ring (bicyclic) bond motifs is 7. The zero-order chi connectivity index (χ0) is 23.6. The average molecular weight is 459 g/mol. The van der Waals surface area contributed by atoms with Crippen molar-refractivity contribution in [2.75, 3.05) is 7.05 Å². The van der Waals surface area contributed by atoms with E-state index in [-0.39, 0.29) is 12.0 Å². The van der Waals surface area contributed by atoms with Crippen molar-refractivity contribution in [1.82, 2.24) is 9.47 Å². The second-order valence-corrected chi connectivity index (χ2v) is 10.3. The summed E-state index contributed by atoms with van der Waals surface area (Å²) >= 11 is 0. The minimum absolute atomic E-state index is 0.0223. The van der Waals surface area contributed by atoms with Gasteiger partial charge in [-0.05, 0) is 61.4 Å². The lowest BCUT2D eigenvalue weighted by Gasteiger charge is -2.27. The van der Waals surface area contributed by atoms with Gasteiger partial charge in [0.25, 0.3) is 0 Å². The SMILES string of the molecule is CN1C(C(=O)O)CC2Cn3c(c(C4CCCCC4)c4ccc(C(=O)O)cc43)-c3ccccc3C21. The molecule has 6 heteroatoms. The predicted molar refractivity (Wildman–Crippen MR) is 130 cm³/mol. The molecule has 2 aliphatic heterocycles. The maximum atomic E-state index is 12.0. The summed E-state index contributed by atoms with van der Waals surface area (Å²) in [5.41, 5.74) is 6.19. The molecule has 3 aliphatic rings. The van der Waals surface area contributed by atoms with Gasteiger partial charge in [0.2, 0.25) is 0 Å². The number of hydrogen-bond acceptors (Lipinski definition) is 3. The van der Waals surface area contributed by atoms with Crippen LogP contribution >= 0.6 is 0 Å². The molecule has 3 unspecified atom stereocenters. The number of benzene rings is 2. The first-order valence-electron chi connectivity index (χ1n) is 12.4. The van der Waals surface area contributed by atoms with Gasteiger partial charge in [-0.25, -0.2) is 4.79 Å². The zero-order valence-corrected chi connectivity index (χ0v) is 19.4. The van der Waals surface area contributed by atoms with E-state index in [9.17, 15) is 19.8 Å². The Hall–Kier alpha value is -3.12. The zero-order valence-electron chi connectivity index (χ0n) is 19.4. The van der Waals surface area contributed by atoms with Crippen LogP contribution in [-0.2, 0) is 11.3 Å². The first kappa shape index (κ1) is 21.4. The topological polar surface area (TPSA) is 82.8 Å². The second kappa shape index (κ2) is 7.98. The number of likely N-dealkylation sites (tertiary alicyclic amines) is 1. The number of nitrogens with zero attached hydrogens (tertiary/aromatic N) is 2. The van der Waals surface area contributed by atoms with Crippen LogP contribution in [-0.4, -0.2) is 44.7 Å². The molecule has 0 bridgehead atoms. The molecular formula is C28H30N2O4. The summed E-state index contributed by atoms with van der Waals surface area (Å²) < 4.78 is 2.33. The maximum absolute atomic E-state index is 12.0. The van der Waals surface area contributed by atoms with Crippen LogP contribution in [0, 0.1) is 5.92 Å². The minimum atomic E-state index is -0.921. The van der Waals surface area contributed by atoms with Crippen molar-refractivity contribution >= 4 is 22.8 Å². The van der Waals surface area contributed by atoms with Crippen LogP contribution < -0.4 is 0 Å². The van der Waals surface area contributed by atoms with Crippen LogP contribution in [0.5, 0.6) is 0 Å². The molecule has 0 radical (unpaired) electrons. The highest BCUT2D eigenvalue weighted by molar-refractivity contribution is 5.98. The summed E-state index contributed by atoms with van der Waals surface area (Å²) in [5.74, 6) is -1.10. The molecule has 2 aromatic carbocycles. The Labute approximate surface area is 198 Å². The molecule has 2 fully saturated rings. The smallest absolute Gasteiger partial charge is 0.335 e. The molecule has 3 aromatic rings. The fourth-order valence-electron chi connectivity index (χ4n) is 7.03. The van der Waals surface area contributed by atoms with Crippen molar-refractivity contribution in [3.8, 4) is 11.3 Å². The third kappa shape index (κ3) is 3.12. The highest BCUT2D eigenvalue weighted by Crippen LogP contribution is 2.52. The number of hydrogen-bond donors (Lipinski definition) is 2. The van der Waals surface area contributed by atoms with Gasteiger partial charge in [-0.1, -0.05) is 49.6 Å². The van der Waals surface area contributed by atoms with Gasteiger partial charge in [-0.2, -0.15) is 0 Å². The second-order valence-electron chi connectivity index (χ2n) is 10.3. The Balaban J connectivity index is 1.64. The highest BCUT2D eigenvalue weighted by Gasteiger charge is 2.46. The van der Waals surface area contributed by atoms with Crippen molar-refractivity contribution in [1.29, 1.82) is 0 Å². The maximum Gasteiger partial charge on any atom is 0.335 e. The number of aliphatic carboxylic acids is 1. The monoisotopic (exact) mass is 458 g/mol. The number of carbonyl (C=O) groups is 2. The van der Waals surface area contributed by atoms with Gasteiger partial charge in [0, 0.05) is 29.1 Å². The molecular weight excluding hydrogens is 428 g/mol. The molecule has 1 aliphatic carbocycles. The quantitative estimate of drug-likeness (QED) is 0.540. The molecule has 3 heterocycles. The van der Waals surface area contributed by atoms with E-state index >= 15 is 0 Å². The molecule has 6 rings (SSSR count). The molecule has 176 valence electrons. The average Bonchev–Trinajstić information content (AvgIpc) is 3.29. The predicted octanol–water partition coefficient (Wildman–Crippen LogP) is 5.51. The Morgan fingerprint density at radius 1 is 1.00 bits per heavy atom. The van der Waals surface area contributed by atoms with Gasteiger partial charge in [-0.15, -0.1) is 0 Å². The largest absolute Gasteiger partial charge is 0.480 e. The fraction of sp³-hybridized carbons (Fsp3) is 0.429. The number of carboxylic acids is 2. The van der Waals surface area contributed by atoms with Crippen molar-refractivity contribution < 1.29 is 19.8 Å². The van der Waals surface area contributed by atoms with E-state index in [2.05, 4.69) is 28.8 Å². The molecule has 6 nitrogen and oxygen atoms in total.